The van der Waals surface area contributed by atoms with Crippen LogP contribution in [0.1, 0.15) is 17.7 Å². The number of nitrogens with one attached hydrogen (secondary N) is 1. The van der Waals surface area contributed by atoms with Gasteiger partial charge in [0.2, 0.25) is 5.91 Å². The third-order valence-corrected chi connectivity index (χ3v) is 5.09. The molecule has 0 bridgehead atoms. The Morgan fingerprint density at radius 2 is 2.52 bits per heavy atom. The molecule has 3 rings (SSSR count). The van der Waals surface area contributed by atoms with Crippen molar-refractivity contribution in [3.63, 3.8) is 0 Å². The van der Waals surface area contributed by atoms with Crippen molar-refractivity contribution >= 4 is 17.2 Å². The van der Waals surface area contributed by atoms with Crippen molar-refractivity contribution < 1.29 is 14.3 Å². The fourth-order valence-electron chi connectivity index (χ4n) is 3.19. The van der Waals surface area contributed by atoms with Crippen molar-refractivity contribution in [1.29, 1.82) is 0 Å². The number of methoxy groups -OCH3 is 1. The smallest absolute Gasteiger partial charge is 0.249 e. The Morgan fingerprint density at radius 1 is 1.62 bits per heavy atom. The summed E-state index contributed by atoms with van der Waals surface area (Å²) < 4.78 is 10.9. The fraction of sp³-hybridized carbons (Fsp3) is 0.667. The molecule has 3 heterocycles. The molecule has 6 heteroatoms. The lowest BCUT2D eigenvalue weighted by molar-refractivity contribution is -0.132. The van der Waals surface area contributed by atoms with E-state index in [0.717, 1.165) is 25.9 Å². The van der Waals surface area contributed by atoms with Gasteiger partial charge in [0.15, 0.2) is 0 Å². The molecule has 0 aliphatic carbocycles. The summed E-state index contributed by atoms with van der Waals surface area (Å²) in [7, 11) is 1.63. The van der Waals surface area contributed by atoms with E-state index in [4.69, 9.17) is 9.47 Å². The maximum absolute atomic E-state index is 12.1. The van der Waals surface area contributed by atoms with E-state index >= 15 is 0 Å². The Bertz CT molecular complexity index is 465. The number of likely N-dealkylation sites (tertiary alicyclic amines) is 1. The Kier molecular flexibility index (Phi) is 4.90. The SMILES string of the molecule is COCCNC(=O)[C@@H]1C[C@@H]2[C@@H](CCN2Cc2cccs2)O1. The number of hydrogen-bond acceptors (Lipinski definition) is 5. The quantitative estimate of drug-likeness (QED) is 0.803. The lowest BCUT2D eigenvalue weighted by Crippen LogP contribution is -2.37. The summed E-state index contributed by atoms with van der Waals surface area (Å²) in [4.78, 5) is 15.9. The summed E-state index contributed by atoms with van der Waals surface area (Å²) >= 11 is 1.79. The van der Waals surface area contributed by atoms with E-state index in [1.807, 2.05) is 0 Å². The number of fused-ring (bicyclic) bond motifs is 1. The van der Waals surface area contributed by atoms with E-state index in [-0.39, 0.29) is 18.1 Å². The van der Waals surface area contributed by atoms with Gasteiger partial charge in [0.25, 0.3) is 0 Å². The summed E-state index contributed by atoms with van der Waals surface area (Å²) in [6.45, 7) is 3.12. The van der Waals surface area contributed by atoms with E-state index in [9.17, 15) is 4.79 Å². The van der Waals surface area contributed by atoms with E-state index in [1.165, 1.54) is 4.88 Å². The third kappa shape index (κ3) is 3.45. The molecule has 21 heavy (non-hydrogen) atoms. The highest BCUT2D eigenvalue weighted by Gasteiger charge is 2.45. The molecular weight excluding hydrogens is 288 g/mol. The molecule has 1 aromatic heterocycles. The highest BCUT2D eigenvalue weighted by molar-refractivity contribution is 7.09. The first-order valence-electron chi connectivity index (χ1n) is 7.46. The number of ether oxygens (including phenoxy) is 2. The monoisotopic (exact) mass is 310 g/mol. The molecule has 2 fully saturated rings. The van der Waals surface area contributed by atoms with Crippen LogP contribution in [0.3, 0.4) is 0 Å². The number of amides is 1. The number of rotatable bonds is 6. The molecule has 5 nitrogen and oxygen atoms in total. The standard InChI is InChI=1S/C15H22N2O3S/c1-19-7-5-16-15(18)14-9-12-13(20-14)4-6-17(12)10-11-3-2-8-21-11/h2-3,8,12-14H,4-7,9-10H2,1H3,(H,16,18)/t12-,13-,14+/m1/s1. The van der Waals surface area contributed by atoms with E-state index < -0.39 is 0 Å². The highest BCUT2D eigenvalue weighted by Crippen LogP contribution is 2.34. The first-order valence-corrected chi connectivity index (χ1v) is 8.34. The highest BCUT2D eigenvalue weighted by atomic mass is 32.1. The molecule has 2 aliphatic rings. The number of nitrogens with zero attached hydrogens (tertiary/aromatic N) is 1. The van der Waals surface area contributed by atoms with Crippen LogP contribution < -0.4 is 5.32 Å². The summed E-state index contributed by atoms with van der Waals surface area (Å²) in [5, 5.41) is 4.98. The van der Waals surface area contributed by atoms with Crippen molar-refractivity contribution in [3.05, 3.63) is 22.4 Å². The van der Waals surface area contributed by atoms with Gasteiger partial charge < -0.3 is 14.8 Å². The molecule has 1 amide bonds. The van der Waals surface area contributed by atoms with Crippen LogP contribution >= 0.6 is 11.3 Å². The Balaban J connectivity index is 1.52. The summed E-state index contributed by atoms with van der Waals surface area (Å²) in [5.74, 6) is -0.00229. The minimum absolute atomic E-state index is 0.00229. The molecular formula is C15H22N2O3S. The number of thiophene rings is 1. The second-order valence-corrected chi connectivity index (χ2v) is 6.62. The van der Waals surface area contributed by atoms with Gasteiger partial charge in [-0.15, -0.1) is 11.3 Å². The molecule has 0 aromatic carbocycles. The van der Waals surface area contributed by atoms with Crippen molar-refractivity contribution in [2.75, 3.05) is 26.8 Å². The summed E-state index contributed by atoms with van der Waals surface area (Å²) in [6, 6.07) is 4.64. The van der Waals surface area contributed by atoms with Crippen LogP contribution in [-0.4, -0.2) is 55.9 Å². The van der Waals surface area contributed by atoms with Crippen molar-refractivity contribution in [2.45, 2.75) is 37.6 Å². The molecule has 0 unspecified atom stereocenters. The largest absolute Gasteiger partial charge is 0.383 e. The van der Waals surface area contributed by atoms with Gasteiger partial charge in [-0.3, -0.25) is 9.69 Å². The van der Waals surface area contributed by atoms with Crippen LogP contribution in [0.5, 0.6) is 0 Å². The van der Waals surface area contributed by atoms with E-state index in [0.29, 0.717) is 19.2 Å². The van der Waals surface area contributed by atoms with Crippen LogP contribution in [0.25, 0.3) is 0 Å². The first-order chi connectivity index (χ1) is 10.3. The summed E-state index contributed by atoms with van der Waals surface area (Å²) in [5.41, 5.74) is 0. The number of carbonyl (C=O) groups excluding carboxylic acids is 1. The van der Waals surface area contributed by atoms with Gasteiger partial charge in [0.1, 0.15) is 6.10 Å². The molecule has 116 valence electrons. The lowest BCUT2D eigenvalue weighted by Gasteiger charge is -2.21. The Morgan fingerprint density at radius 3 is 3.29 bits per heavy atom. The molecule has 2 aliphatic heterocycles. The van der Waals surface area contributed by atoms with Gasteiger partial charge in [0, 0.05) is 44.1 Å². The first kappa shape index (κ1) is 15.0. The fourth-order valence-corrected chi connectivity index (χ4v) is 3.92. The average molecular weight is 310 g/mol. The Labute approximate surface area is 129 Å². The maximum atomic E-state index is 12.1. The van der Waals surface area contributed by atoms with Gasteiger partial charge in [0.05, 0.1) is 12.7 Å². The predicted octanol–water partition coefficient (Wildman–Crippen LogP) is 1.24. The lowest BCUT2D eigenvalue weighted by atomic mass is 10.1. The number of carbonyl (C=O) groups is 1. The topological polar surface area (TPSA) is 50.8 Å². The molecule has 3 atom stereocenters. The average Bonchev–Trinajstić information content (AvgIpc) is 3.18. The third-order valence-electron chi connectivity index (χ3n) is 4.23. The van der Waals surface area contributed by atoms with Gasteiger partial charge in [-0.25, -0.2) is 0 Å². The zero-order valence-corrected chi connectivity index (χ0v) is 13.1. The molecule has 1 N–H and O–H groups in total. The van der Waals surface area contributed by atoms with Crippen LogP contribution in [0.4, 0.5) is 0 Å². The van der Waals surface area contributed by atoms with Gasteiger partial charge >= 0.3 is 0 Å². The normalized spacial score (nSPS) is 28.7. The van der Waals surface area contributed by atoms with Crippen LogP contribution in [-0.2, 0) is 20.8 Å². The minimum Gasteiger partial charge on any atom is -0.383 e. The number of hydrogen-bond donors (Lipinski definition) is 1. The van der Waals surface area contributed by atoms with Gasteiger partial charge in [-0.05, 0) is 17.9 Å². The van der Waals surface area contributed by atoms with E-state index in [1.54, 1.807) is 18.4 Å². The van der Waals surface area contributed by atoms with Crippen molar-refractivity contribution in [2.24, 2.45) is 0 Å². The van der Waals surface area contributed by atoms with Crippen LogP contribution in [0.2, 0.25) is 0 Å². The molecule has 0 saturated carbocycles. The second-order valence-electron chi connectivity index (χ2n) is 5.59. The minimum atomic E-state index is -0.303. The summed E-state index contributed by atoms with van der Waals surface area (Å²) in [6.07, 6.45) is 1.73. The zero-order chi connectivity index (χ0) is 14.7. The second kappa shape index (κ2) is 6.87. The molecule has 0 spiro atoms. The molecule has 0 radical (unpaired) electrons. The maximum Gasteiger partial charge on any atom is 0.249 e. The van der Waals surface area contributed by atoms with Gasteiger partial charge in [-0.2, -0.15) is 0 Å². The van der Waals surface area contributed by atoms with Crippen molar-refractivity contribution in [1.82, 2.24) is 10.2 Å². The predicted molar refractivity (Wildman–Crippen MR) is 81.3 cm³/mol. The molecule has 2 saturated heterocycles. The van der Waals surface area contributed by atoms with Crippen LogP contribution in [0, 0.1) is 0 Å². The molecule has 1 aromatic rings. The van der Waals surface area contributed by atoms with E-state index in [2.05, 4.69) is 27.7 Å². The van der Waals surface area contributed by atoms with Gasteiger partial charge in [-0.1, -0.05) is 6.07 Å². The van der Waals surface area contributed by atoms with Crippen LogP contribution in [0.15, 0.2) is 17.5 Å². The Hall–Kier alpha value is -0.950. The zero-order valence-electron chi connectivity index (χ0n) is 12.3. The van der Waals surface area contributed by atoms with Crippen molar-refractivity contribution in [3.8, 4) is 0 Å².